The van der Waals surface area contributed by atoms with Crippen molar-refractivity contribution >= 4 is 5.84 Å². The van der Waals surface area contributed by atoms with Crippen molar-refractivity contribution in [2.45, 2.75) is 44.7 Å². The third-order valence-corrected chi connectivity index (χ3v) is 5.20. The van der Waals surface area contributed by atoms with Gasteiger partial charge in [-0.05, 0) is 46.3 Å². The first kappa shape index (κ1) is 16.5. The molecule has 21 heavy (non-hydrogen) atoms. The van der Waals surface area contributed by atoms with E-state index in [1.165, 1.54) is 38.8 Å². The van der Waals surface area contributed by atoms with E-state index in [0.717, 1.165) is 32.2 Å². The Morgan fingerprint density at radius 2 is 1.95 bits per heavy atom. The molecule has 0 aromatic rings. The van der Waals surface area contributed by atoms with Crippen LogP contribution < -0.4 is 5.73 Å². The maximum Gasteiger partial charge on any atom is 0.156 e. The summed E-state index contributed by atoms with van der Waals surface area (Å²) in [7, 11) is 2.26. The summed E-state index contributed by atoms with van der Waals surface area (Å²) in [5.41, 5.74) is 5.69. The van der Waals surface area contributed by atoms with Crippen molar-refractivity contribution in [3.63, 3.8) is 0 Å². The van der Waals surface area contributed by atoms with Gasteiger partial charge in [0.25, 0.3) is 0 Å². The lowest BCUT2D eigenvalue weighted by atomic mass is 10.00. The van der Waals surface area contributed by atoms with Crippen LogP contribution in [-0.2, 0) is 0 Å². The number of oxime groups is 1. The van der Waals surface area contributed by atoms with Crippen LogP contribution in [0, 0.1) is 0 Å². The zero-order valence-electron chi connectivity index (χ0n) is 13.5. The Balaban J connectivity index is 1.69. The molecule has 2 saturated heterocycles. The van der Waals surface area contributed by atoms with Crippen LogP contribution in [0.5, 0.6) is 0 Å². The van der Waals surface area contributed by atoms with E-state index in [1.807, 2.05) is 6.92 Å². The molecule has 0 aromatic carbocycles. The highest BCUT2D eigenvalue weighted by atomic mass is 16.4. The fourth-order valence-electron chi connectivity index (χ4n) is 3.49. The molecule has 2 aliphatic rings. The Morgan fingerprint density at radius 3 is 2.57 bits per heavy atom. The maximum atomic E-state index is 8.76. The van der Waals surface area contributed by atoms with Gasteiger partial charge in [-0.15, -0.1) is 0 Å². The van der Waals surface area contributed by atoms with Crippen molar-refractivity contribution in [3.8, 4) is 0 Å². The summed E-state index contributed by atoms with van der Waals surface area (Å²) in [4.78, 5) is 7.37. The van der Waals surface area contributed by atoms with Gasteiger partial charge in [0.2, 0.25) is 0 Å². The molecule has 6 nitrogen and oxygen atoms in total. The van der Waals surface area contributed by atoms with Crippen molar-refractivity contribution < 1.29 is 5.21 Å². The summed E-state index contributed by atoms with van der Waals surface area (Å²) in [6, 6.07) is 0.800. The van der Waals surface area contributed by atoms with E-state index in [9.17, 15) is 0 Å². The second-order valence-electron chi connectivity index (χ2n) is 6.50. The molecule has 2 atom stereocenters. The predicted octanol–water partition coefficient (Wildman–Crippen LogP) is 0.613. The molecule has 0 saturated carbocycles. The molecule has 2 rings (SSSR count). The van der Waals surface area contributed by atoms with E-state index >= 15 is 0 Å². The van der Waals surface area contributed by atoms with Crippen LogP contribution in [0.3, 0.4) is 0 Å². The highest BCUT2D eigenvalue weighted by molar-refractivity contribution is 5.84. The standard InChI is InChI=1S/C15H31N5O/c1-13(15(16)17-21)20-11-9-19(10-12-20)8-6-14-5-3-4-7-18(14)2/h13-14,21H,3-12H2,1-2H3,(H2,16,17). The van der Waals surface area contributed by atoms with Gasteiger partial charge in [0, 0.05) is 32.2 Å². The van der Waals surface area contributed by atoms with Gasteiger partial charge >= 0.3 is 0 Å². The SMILES string of the molecule is CC(C(N)=NO)N1CCN(CCC2CCCCN2C)CC1. The minimum absolute atomic E-state index is 0.0293. The zero-order valence-corrected chi connectivity index (χ0v) is 13.5. The maximum absolute atomic E-state index is 8.76. The van der Waals surface area contributed by atoms with Gasteiger partial charge in [0.15, 0.2) is 5.84 Å². The lowest BCUT2D eigenvalue weighted by Gasteiger charge is -2.39. The van der Waals surface area contributed by atoms with Crippen LogP contribution in [0.15, 0.2) is 5.16 Å². The van der Waals surface area contributed by atoms with E-state index in [1.54, 1.807) is 0 Å². The lowest BCUT2D eigenvalue weighted by molar-refractivity contribution is 0.102. The number of amidine groups is 1. The molecule has 0 aliphatic carbocycles. The summed E-state index contributed by atoms with van der Waals surface area (Å²) >= 11 is 0. The third-order valence-electron chi connectivity index (χ3n) is 5.20. The van der Waals surface area contributed by atoms with Crippen LogP contribution in [0.1, 0.15) is 32.6 Å². The van der Waals surface area contributed by atoms with Gasteiger partial charge in [0.1, 0.15) is 0 Å². The average Bonchev–Trinajstić information content (AvgIpc) is 2.53. The van der Waals surface area contributed by atoms with Gasteiger partial charge < -0.3 is 20.7 Å². The monoisotopic (exact) mass is 297 g/mol. The zero-order chi connectivity index (χ0) is 15.2. The molecule has 6 heteroatoms. The van der Waals surface area contributed by atoms with Crippen LogP contribution in [-0.4, -0.2) is 84.1 Å². The number of rotatable bonds is 5. The number of likely N-dealkylation sites (tertiary alicyclic amines) is 1. The van der Waals surface area contributed by atoms with Gasteiger partial charge in [-0.2, -0.15) is 0 Å². The second-order valence-corrected chi connectivity index (χ2v) is 6.50. The quantitative estimate of drug-likeness (QED) is 0.337. The molecule has 122 valence electrons. The number of piperazine rings is 1. The third kappa shape index (κ3) is 4.56. The summed E-state index contributed by atoms with van der Waals surface area (Å²) in [6.45, 7) is 8.62. The molecular formula is C15H31N5O. The normalized spacial score (nSPS) is 28.7. The molecule has 3 N–H and O–H groups in total. The molecule has 2 fully saturated rings. The Morgan fingerprint density at radius 1 is 1.24 bits per heavy atom. The molecule has 0 aromatic heterocycles. The molecule has 0 spiro atoms. The first-order valence-electron chi connectivity index (χ1n) is 8.26. The molecule has 2 unspecified atom stereocenters. The number of hydrogen-bond acceptors (Lipinski definition) is 5. The number of hydrogen-bond donors (Lipinski definition) is 2. The van der Waals surface area contributed by atoms with Crippen LogP contribution in [0.2, 0.25) is 0 Å². The summed E-state index contributed by atoms with van der Waals surface area (Å²) < 4.78 is 0. The van der Waals surface area contributed by atoms with Crippen LogP contribution in [0.4, 0.5) is 0 Å². The Kier molecular flexibility index (Phi) is 6.26. The molecule has 2 heterocycles. The largest absolute Gasteiger partial charge is 0.409 e. The number of nitrogens with two attached hydrogens (primary N) is 1. The van der Waals surface area contributed by atoms with E-state index in [0.29, 0.717) is 5.84 Å². The number of piperidine rings is 1. The average molecular weight is 297 g/mol. The molecule has 0 amide bonds. The minimum Gasteiger partial charge on any atom is -0.409 e. The van der Waals surface area contributed by atoms with Gasteiger partial charge in [0.05, 0.1) is 6.04 Å². The van der Waals surface area contributed by atoms with Crippen molar-refractivity contribution in [2.75, 3.05) is 46.3 Å². The van der Waals surface area contributed by atoms with Gasteiger partial charge in [-0.1, -0.05) is 11.6 Å². The van der Waals surface area contributed by atoms with Crippen molar-refractivity contribution in [1.29, 1.82) is 0 Å². The molecule has 0 radical (unpaired) electrons. The highest BCUT2D eigenvalue weighted by Gasteiger charge is 2.25. The summed E-state index contributed by atoms with van der Waals surface area (Å²) in [5, 5.41) is 11.9. The smallest absolute Gasteiger partial charge is 0.156 e. The first-order valence-corrected chi connectivity index (χ1v) is 8.26. The predicted molar refractivity (Wildman–Crippen MR) is 85.8 cm³/mol. The van der Waals surface area contributed by atoms with Gasteiger partial charge in [-0.3, -0.25) is 4.90 Å². The van der Waals surface area contributed by atoms with E-state index < -0.39 is 0 Å². The number of nitrogens with zero attached hydrogens (tertiary/aromatic N) is 4. The van der Waals surface area contributed by atoms with Crippen molar-refractivity contribution in [2.24, 2.45) is 10.9 Å². The molecule has 0 bridgehead atoms. The Bertz CT molecular complexity index is 341. The fraction of sp³-hybridized carbons (Fsp3) is 0.933. The Labute approximate surface area is 128 Å². The van der Waals surface area contributed by atoms with Crippen LogP contribution >= 0.6 is 0 Å². The summed E-state index contributed by atoms with van der Waals surface area (Å²) in [6.07, 6.45) is 5.39. The van der Waals surface area contributed by atoms with Gasteiger partial charge in [-0.25, -0.2) is 0 Å². The minimum atomic E-state index is 0.0293. The Hall–Kier alpha value is -0.850. The van der Waals surface area contributed by atoms with Crippen molar-refractivity contribution in [3.05, 3.63) is 0 Å². The fourth-order valence-corrected chi connectivity index (χ4v) is 3.49. The highest BCUT2D eigenvalue weighted by Crippen LogP contribution is 2.18. The summed E-state index contributed by atoms with van der Waals surface area (Å²) in [5.74, 6) is 0.312. The first-order chi connectivity index (χ1) is 10.1. The van der Waals surface area contributed by atoms with Crippen LogP contribution in [0.25, 0.3) is 0 Å². The molecule has 2 aliphatic heterocycles. The van der Waals surface area contributed by atoms with E-state index in [2.05, 4.69) is 26.9 Å². The topological polar surface area (TPSA) is 68.3 Å². The van der Waals surface area contributed by atoms with Crippen molar-refractivity contribution in [1.82, 2.24) is 14.7 Å². The van der Waals surface area contributed by atoms with E-state index in [4.69, 9.17) is 10.9 Å². The lowest BCUT2D eigenvalue weighted by Crippen LogP contribution is -2.53. The molecular weight excluding hydrogens is 266 g/mol. The van der Waals surface area contributed by atoms with E-state index in [-0.39, 0.29) is 6.04 Å². The second kappa shape index (κ2) is 7.96.